The van der Waals surface area contributed by atoms with Crippen molar-refractivity contribution >= 4 is 28.3 Å². The van der Waals surface area contributed by atoms with Crippen molar-refractivity contribution in [3.8, 4) is 0 Å². The van der Waals surface area contributed by atoms with Crippen LogP contribution >= 0.6 is 0 Å². The molecule has 0 bridgehead atoms. The largest absolute Gasteiger partial charge is 0.322 e. The highest BCUT2D eigenvalue weighted by Crippen LogP contribution is 2.19. The Balaban J connectivity index is 1.74. The van der Waals surface area contributed by atoms with E-state index in [0.29, 0.717) is 10.9 Å². The van der Waals surface area contributed by atoms with Gasteiger partial charge in [-0.1, -0.05) is 24.3 Å². The average molecular weight is 417 g/mol. The fourth-order valence-corrected chi connectivity index (χ4v) is 3.01. The lowest BCUT2D eigenvalue weighted by atomic mass is 10.1. The summed E-state index contributed by atoms with van der Waals surface area (Å²) in [6.07, 6.45) is 5.23. The molecule has 9 heteroatoms. The van der Waals surface area contributed by atoms with E-state index in [1.165, 1.54) is 30.9 Å². The molecule has 8 nitrogen and oxygen atoms in total. The van der Waals surface area contributed by atoms with Gasteiger partial charge in [-0.25, -0.2) is 14.1 Å². The fourth-order valence-electron chi connectivity index (χ4n) is 3.01. The van der Waals surface area contributed by atoms with Crippen LogP contribution in [0.5, 0.6) is 0 Å². The molecular formula is C22H16FN5O3. The maximum Gasteiger partial charge on any atom is 0.290 e. The second-order valence-corrected chi connectivity index (χ2v) is 6.71. The van der Waals surface area contributed by atoms with Gasteiger partial charge in [0.05, 0.1) is 11.8 Å². The van der Waals surface area contributed by atoms with Crippen LogP contribution in [0.15, 0.2) is 72.0 Å². The van der Waals surface area contributed by atoms with Gasteiger partial charge in [0.1, 0.15) is 11.5 Å². The number of benzene rings is 2. The average Bonchev–Trinajstić information content (AvgIpc) is 2.78. The Hall–Kier alpha value is -4.40. The molecule has 0 spiro atoms. The van der Waals surface area contributed by atoms with E-state index in [9.17, 15) is 18.8 Å². The molecule has 0 radical (unpaired) electrons. The highest BCUT2D eigenvalue weighted by molar-refractivity contribution is 6.12. The van der Waals surface area contributed by atoms with Gasteiger partial charge in [0, 0.05) is 35.1 Å². The summed E-state index contributed by atoms with van der Waals surface area (Å²) < 4.78 is 14.8. The molecular weight excluding hydrogens is 401 g/mol. The first kappa shape index (κ1) is 19.9. The molecule has 2 heterocycles. The van der Waals surface area contributed by atoms with Crippen molar-refractivity contribution in [3.63, 3.8) is 0 Å². The second kappa shape index (κ2) is 8.15. The monoisotopic (exact) mass is 417 g/mol. The van der Waals surface area contributed by atoms with E-state index in [4.69, 9.17) is 0 Å². The van der Waals surface area contributed by atoms with Gasteiger partial charge in [0.15, 0.2) is 0 Å². The van der Waals surface area contributed by atoms with Gasteiger partial charge in [0.25, 0.3) is 17.4 Å². The normalized spacial score (nSPS) is 10.6. The number of halogens is 1. The Kier molecular flexibility index (Phi) is 5.23. The van der Waals surface area contributed by atoms with Gasteiger partial charge in [-0.2, -0.15) is 0 Å². The van der Waals surface area contributed by atoms with Crippen molar-refractivity contribution in [1.82, 2.24) is 14.6 Å². The predicted molar refractivity (Wildman–Crippen MR) is 113 cm³/mol. The standard InChI is InChI=1S/C22H16FN5O3/c1-13-6-7-14(10-18(13)23)26-20(29)17-12-28(22(31)16-5-3-2-4-15(16)17)27-21(30)19-11-24-8-9-25-19/h2-12H,1H3,(H,26,29)(H,27,30). The molecule has 0 aliphatic rings. The molecule has 4 rings (SSSR count). The zero-order chi connectivity index (χ0) is 22.0. The van der Waals surface area contributed by atoms with Crippen LogP contribution in [0, 0.1) is 12.7 Å². The number of anilines is 1. The molecule has 0 fully saturated rings. The van der Waals surface area contributed by atoms with Gasteiger partial charge in [0.2, 0.25) is 0 Å². The summed E-state index contributed by atoms with van der Waals surface area (Å²) in [4.78, 5) is 45.9. The molecule has 0 saturated carbocycles. The maximum atomic E-state index is 13.9. The predicted octanol–water partition coefficient (Wildman–Crippen LogP) is 2.88. The number of rotatable bonds is 4. The lowest BCUT2D eigenvalue weighted by Crippen LogP contribution is -2.34. The van der Waals surface area contributed by atoms with Crippen molar-refractivity contribution in [2.45, 2.75) is 6.92 Å². The number of pyridine rings is 1. The summed E-state index contributed by atoms with van der Waals surface area (Å²) in [7, 11) is 0. The third-order valence-corrected chi connectivity index (χ3v) is 4.62. The minimum Gasteiger partial charge on any atom is -0.322 e. The zero-order valence-corrected chi connectivity index (χ0v) is 16.3. The maximum absolute atomic E-state index is 13.9. The first-order valence-electron chi connectivity index (χ1n) is 9.23. The van der Waals surface area contributed by atoms with Gasteiger partial charge in [-0.05, 0) is 30.7 Å². The highest BCUT2D eigenvalue weighted by Gasteiger charge is 2.17. The van der Waals surface area contributed by atoms with Gasteiger partial charge in [-0.15, -0.1) is 0 Å². The van der Waals surface area contributed by atoms with E-state index in [0.717, 1.165) is 4.68 Å². The van der Waals surface area contributed by atoms with Crippen LogP contribution in [-0.2, 0) is 0 Å². The Labute approximate surface area is 175 Å². The number of nitrogens with one attached hydrogen (secondary N) is 2. The van der Waals surface area contributed by atoms with Crippen molar-refractivity contribution in [3.05, 3.63) is 100 Å². The van der Waals surface area contributed by atoms with Crippen LogP contribution < -0.4 is 16.3 Å². The highest BCUT2D eigenvalue weighted by atomic mass is 19.1. The lowest BCUT2D eigenvalue weighted by molar-refractivity contribution is 0.0995. The van der Waals surface area contributed by atoms with Crippen molar-refractivity contribution in [1.29, 1.82) is 0 Å². The topological polar surface area (TPSA) is 106 Å². The summed E-state index contributed by atoms with van der Waals surface area (Å²) >= 11 is 0. The van der Waals surface area contributed by atoms with E-state index in [-0.39, 0.29) is 22.3 Å². The van der Waals surface area contributed by atoms with E-state index in [2.05, 4.69) is 20.7 Å². The van der Waals surface area contributed by atoms with Crippen molar-refractivity contribution in [2.75, 3.05) is 10.7 Å². The van der Waals surface area contributed by atoms with Gasteiger partial charge in [-0.3, -0.25) is 24.8 Å². The Morgan fingerprint density at radius 1 is 1.03 bits per heavy atom. The number of hydrogen-bond acceptors (Lipinski definition) is 5. The third-order valence-electron chi connectivity index (χ3n) is 4.62. The minimum absolute atomic E-state index is 0.00342. The number of nitrogens with zero attached hydrogens (tertiary/aromatic N) is 3. The van der Waals surface area contributed by atoms with Gasteiger partial charge < -0.3 is 5.32 Å². The number of amides is 2. The fraction of sp³-hybridized carbons (Fsp3) is 0.0455. The van der Waals surface area contributed by atoms with Crippen LogP contribution in [0.3, 0.4) is 0 Å². The van der Waals surface area contributed by atoms with Crippen LogP contribution in [0.4, 0.5) is 10.1 Å². The number of hydrogen-bond donors (Lipinski definition) is 2. The van der Waals surface area contributed by atoms with Crippen LogP contribution in [0.1, 0.15) is 26.4 Å². The molecule has 0 atom stereocenters. The SMILES string of the molecule is Cc1ccc(NC(=O)c2cn(NC(=O)c3cnccn3)c(=O)c3ccccc23)cc1F. The number of fused-ring (bicyclic) bond motifs is 1. The number of carbonyl (C=O) groups excluding carboxylic acids is 2. The van der Waals surface area contributed by atoms with E-state index in [1.807, 2.05) is 0 Å². The first-order valence-corrected chi connectivity index (χ1v) is 9.23. The number of carbonyl (C=O) groups is 2. The molecule has 2 N–H and O–H groups in total. The van der Waals surface area contributed by atoms with Crippen LogP contribution in [0.2, 0.25) is 0 Å². The Morgan fingerprint density at radius 3 is 2.52 bits per heavy atom. The van der Waals surface area contributed by atoms with E-state index < -0.39 is 23.2 Å². The van der Waals surface area contributed by atoms with Crippen LogP contribution in [0.25, 0.3) is 10.8 Å². The lowest BCUT2D eigenvalue weighted by Gasteiger charge is -2.13. The molecule has 31 heavy (non-hydrogen) atoms. The van der Waals surface area contributed by atoms with E-state index >= 15 is 0 Å². The molecule has 2 aromatic heterocycles. The van der Waals surface area contributed by atoms with Crippen molar-refractivity contribution in [2.24, 2.45) is 0 Å². The summed E-state index contributed by atoms with van der Waals surface area (Å²) in [5.41, 5.74) is 2.73. The molecule has 0 saturated heterocycles. The smallest absolute Gasteiger partial charge is 0.290 e. The van der Waals surface area contributed by atoms with Crippen LogP contribution in [-0.4, -0.2) is 26.5 Å². The summed E-state index contributed by atoms with van der Waals surface area (Å²) in [5, 5.41) is 3.24. The summed E-state index contributed by atoms with van der Waals surface area (Å²) in [6.45, 7) is 1.62. The minimum atomic E-state index is -0.669. The Bertz CT molecular complexity index is 1370. The summed E-state index contributed by atoms with van der Waals surface area (Å²) in [6, 6.07) is 10.8. The molecule has 154 valence electrons. The number of aromatic nitrogens is 3. The molecule has 0 aliphatic carbocycles. The molecule has 2 amide bonds. The molecule has 0 aliphatic heterocycles. The zero-order valence-electron chi connectivity index (χ0n) is 16.3. The molecule has 0 unspecified atom stereocenters. The number of aryl methyl sites for hydroxylation is 1. The third kappa shape index (κ3) is 4.01. The van der Waals surface area contributed by atoms with Crippen molar-refractivity contribution < 1.29 is 14.0 Å². The first-order chi connectivity index (χ1) is 14.9. The Morgan fingerprint density at radius 2 is 1.81 bits per heavy atom. The second-order valence-electron chi connectivity index (χ2n) is 6.71. The molecule has 2 aromatic carbocycles. The quantitative estimate of drug-likeness (QED) is 0.531. The molecule has 4 aromatic rings. The van der Waals surface area contributed by atoms with E-state index in [1.54, 1.807) is 43.3 Å². The summed E-state index contributed by atoms with van der Waals surface area (Å²) in [5.74, 6) is -1.69. The van der Waals surface area contributed by atoms with Gasteiger partial charge >= 0.3 is 0 Å².